The third-order valence-corrected chi connectivity index (χ3v) is 4.89. The van der Waals surface area contributed by atoms with E-state index in [0.717, 1.165) is 29.6 Å². The fourth-order valence-electron chi connectivity index (χ4n) is 2.39. The molecule has 122 valence electrons. The van der Waals surface area contributed by atoms with Gasteiger partial charge in [0.05, 0.1) is 11.4 Å². The standard InChI is InChI=1S/C18H24N4S/c1-4-12(2)19-18-21-15(13-9-10-13)11-17(22-18)20-14-7-5-6-8-16(14)23-3/h5-8,11-13H,4,9-10H2,1-3H3,(H2,19,20,21,22)/t12-/m0/s1. The lowest BCUT2D eigenvalue weighted by Gasteiger charge is -2.15. The van der Waals surface area contributed by atoms with E-state index < -0.39 is 0 Å². The summed E-state index contributed by atoms with van der Waals surface area (Å²) in [7, 11) is 0. The molecule has 1 heterocycles. The van der Waals surface area contributed by atoms with E-state index in [2.05, 4.69) is 60.0 Å². The van der Waals surface area contributed by atoms with Gasteiger partial charge in [0.15, 0.2) is 0 Å². The summed E-state index contributed by atoms with van der Waals surface area (Å²) in [6.45, 7) is 4.32. The molecule has 0 saturated heterocycles. The van der Waals surface area contributed by atoms with E-state index in [1.165, 1.54) is 17.7 Å². The van der Waals surface area contributed by atoms with Crippen LogP contribution < -0.4 is 10.6 Å². The molecule has 3 rings (SSSR count). The van der Waals surface area contributed by atoms with E-state index in [1.54, 1.807) is 11.8 Å². The van der Waals surface area contributed by atoms with Crippen molar-refractivity contribution in [1.29, 1.82) is 0 Å². The number of nitrogens with zero attached hydrogens (tertiary/aromatic N) is 2. The molecule has 0 amide bonds. The molecular weight excluding hydrogens is 304 g/mol. The number of hydrogen-bond acceptors (Lipinski definition) is 5. The van der Waals surface area contributed by atoms with E-state index in [-0.39, 0.29) is 0 Å². The predicted molar refractivity (Wildman–Crippen MR) is 98.9 cm³/mol. The van der Waals surface area contributed by atoms with E-state index in [1.807, 2.05) is 6.07 Å². The molecule has 23 heavy (non-hydrogen) atoms. The van der Waals surface area contributed by atoms with E-state index in [0.29, 0.717) is 12.0 Å². The van der Waals surface area contributed by atoms with Crippen molar-refractivity contribution in [2.75, 3.05) is 16.9 Å². The highest BCUT2D eigenvalue weighted by Gasteiger charge is 2.26. The Balaban J connectivity index is 1.88. The first-order chi connectivity index (χ1) is 11.2. The van der Waals surface area contributed by atoms with Gasteiger partial charge in [-0.1, -0.05) is 19.1 Å². The number of rotatable bonds is 7. The first kappa shape index (κ1) is 16.1. The first-order valence-corrected chi connectivity index (χ1v) is 9.47. The molecule has 1 atom stereocenters. The number of para-hydroxylation sites is 1. The molecule has 1 aliphatic carbocycles. The van der Waals surface area contributed by atoms with Gasteiger partial charge in [-0.3, -0.25) is 0 Å². The van der Waals surface area contributed by atoms with Crippen LogP contribution in [0, 0.1) is 0 Å². The summed E-state index contributed by atoms with van der Waals surface area (Å²) in [5.41, 5.74) is 2.24. The third kappa shape index (κ3) is 4.16. The molecule has 0 spiro atoms. The van der Waals surface area contributed by atoms with Crippen LogP contribution in [-0.4, -0.2) is 22.3 Å². The highest BCUT2D eigenvalue weighted by atomic mass is 32.2. The van der Waals surface area contributed by atoms with Crippen molar-refractivity contribution in [1.82, 2.24) is 9.97 Å². The monoisotopic (exact) mass is 328 g/mol. The summed E-state index contributed by atoms with van der Waals surface area (Å²) in [5, 5.41) is 6.87. The van der Waals surface area contributed by atoms with Crippen molar-refractivity contribution in [3.05, 3.63) is 36.0 Å². The molecule has 0 unspecified atom stereocenters. The molecular formula is C18H24N4S. The Morgan fingerprint density at radius 3 is 2.74 bits per heavy atom. The van der Waals surface area contributed by atoms with Crippen LogP contribution in [0.5, 0.6) is 0 Å². The average Bonchev–Trinajstić information content (AvgIpc) is 3.40. The predicted octanol–water partition coefficient (Wildman–Crippen LogP) is 5.03. The van der Waals surface area contributed by atoms with E-state index in [4.69, 9.17) is 4.98 Å². The van der Waals surface area contributed by atoms with Crippen LogP contribution >= 0.6 is 11.8 Å². The lowest BCUT2D eigenvalue weighted by molar-refractivity contribution is 0.750. The largest absolute Gasteiger partial charge is 0.352 e. The van der Waals surface area contributed by atoms with Crippen LogP contribution in [0.4, 0.5) is 17.5 Å². The van der Waals surface area contributed by atoms with Crippen LogP contribution in [0.25, 0.3) is 0 Å². The van der Waals surface area contributed by atoms with E-state index >= 15 is 0 Å². The maximum Gasteiger partial charge on any atom is 0.225 e. The molecule has 5 heteroatoms. The molecule has 2 N–H and O–H groups in total. The van der Waals surface area contributed by atoms with Crippen LogP contribution in [0.15, 0.2) is 35.2 Å². The molecule has 0 bridgehead atoms. The fraction of sp³-hybridized carbons (Fsp3) is 0.444. The molecule has 2 aromatic rings. The number of anilines is 3. The summed E-state index contributed by atoms with van der Waals surface area (Å²) in [4.78, 5) is 10.6. The summed E-state index contributed by atoms with van der Waals surface area (Å²) in [6, 6.07) is 10.8. The molecule has 0 radical (unpaired) electrons. The van der Waals surface area contributed by atoms with Crippen LogP contribution in [-0.2, 0) is 0 Å². The SMILES string of the molecule is CC[C@H](C)Nc1nc(Nc2ccccc2SC)cc(C2CC2)n1. The minimum Gasteiger partial charge on any atom is -0.352 e. The summed E-state index contributed by atoms with van der Waals surface area (Å²) in [6.07, 6.45) is 5.61. The summed E-state index contributed by atoms with van der Waals surface area (Å²) in [5.74, 6) is 2.20. The van der Waals surface area contributed by atoms with Crippen molar-refractivity contribution < 1.29 is 0 Å². The topological polar surface area (TPSA) is 49.8 Å². The Kier molecular flexibility index (Phi) is 5.06. The summed E-state index contributed by atoms with van der Waals surface area (Å²) < 4.78 is 0. The number of hydrogen-bond donors (Lipinski definition) is 2. The van der Waals surface area contributed by atoms with Gasteiger partial charge in [-0.2, -0.15) is 4.98 Å². The van der Waals surface area contributed by atoms with Crippen molar-refractivity contribution >= 4 is 29.2 Å². The normalized spacial score (nSPS) is 15.3. The third-order valence-electron chi connectivity index (χ3n) is 4.10. The zero-order valence-electron chi connectivity index (χ0n) is 14.0. The van der Waals surface area contributed by atoms with Gasteiger partial charge in [-0.15, -0.1) is 11.8 Å². The van der Waals surface area contributed by atoms with Crippen molar-refractivity contribution in [3.63, 3.8) is 0 Å². The molecule has 1 fully saturated rings. The number of aromatic nitrogens is 2. The van der Waals surface area contributed by atoms with Gasteiger partial charge in [0.1, 0.15) is 5.82 Å². The molecule has 0 aliphatic heterocycles. The number of thioether (sulfide) groups is 1. The van der Waals surface area contributed by atoms with Gasteiger partial charge in [0.25, 0.3) is 0 Å². The quantitative estimate of drug-likeness (QED) is 0.698. The number of nitrogens with one attached hydrogen (secondary N) is 2. The van der Waals surface area contributed by atoms with Crippen LogP contribution in [0.2, 0.25) is 0 Å². The van der Waals surface area contributed by atoms with Crippen molar-refractivity contribution in [2.24, 2.45) is 0 Å². The average molecular weight is 328 g/mol. The molecule has 4 nitrogen and oxygen atoms in total. The second kappa shape index (κ2) is 7.21. The van der Waals surface area contributed by atoms with Gasteiger partial charge >= 0.3 is 0 Å². The lowest BCUT2D eigenvalue weighted by Crippen LogP contribution is -2.16. The minimum absolute atomic E-state index is 0.371. The fourth-order valence-corrected chi connectivity index (χ4v) is 2.94. The second-order valence-electron chi connectivity index (χ2n) is 6.05. The van der Waals surface area contributed by atoms with Crippen LogP contribution in [0.3, 0.4) is 0 Å². The highest BCUT2D eigenvalue weighted by molar-refractivity contribution is 7.98. The Hall–Kier alpha value is -1.75. The Morgan fingerprint density at radius 1 is 1.26 bits per heavy atom. The molecule has 1 aromatic carbocycles. The molecule has 1 saturated carbocycles. The molecule has 1 aromatic heterocycles. The van der Waals surface area contributed by atoms with E-state index in [9.17, 15) is 0 Å². The zero-order chi connectivity index (χ0) is 16.2. The van der Waals surface area contributed by atoms with Gasteiger partial charge < -0.3 is 10.6 Å². The van der Waals surface area contributed by atoms with Gasteiger partial charge in [-0.05, 0) is 44.6 Å². The zero-order valence-corrected chi connectivity index (χ0v) is 14.8. The Bertz CT molecular complexity index is 670. The second-order valence-corrected chi connectivity index (χ2v) is 6.90. The van der Waals surface area contributed by atoms with Gasteiger partial charge in [-0.25, -0.2) is 4.98 Å². The Morgan fingerprint density at radius 2 is 2.04 bits per heavy atom. The van der Waals surface area contributed by atoms with Crippen LogP contribution in [0.1, 0.15) is 44.7 Å². The summed E-state index contributed by atoms with van der Waals surface area (Å²) >= 11 is 1.73. The lowest BCUT2D eigenvalue weighted by atomic mass is 10.2. The van der Waals surface area contributed by atoms with Gasteiger partial charge in [0, 0.05) is 22.9 Å². The minimum atomic E-state index is 0.371. The van der Waals surface area contributed by atoms with Gasteiger partial charge in [0.2, 0.25) is 5.95 Å². The Labute approximate surface area is 142 Å². The highest BCUT2D eigenvalue weighted by Crippen LogP contribution is 2.40. The number of benzene rings is 1. The maximum atomic E-state index is 4.70. The van der Waals surface area contributed by atoms with Crippen molar-refractivity contribution in [2.45, 2.75) is 50.0 Å². The van der Waals surface area contributed by atoms with Crippen molar-refractivity contribution in [3.8, 4) is 0 Å². The smallest absolute Gasteiger partial charge is 0.225 e. The maximum absolute atomic E-state index is 4.70. The first-order valence-electron chi connectivity index (χ1n) is 8.25. The molecule has 1 aliphatic rings.